The van der Waals surface area contributed by atoms with Crippen LogP contribution in [0, 0.1) is 0 Å². The highest BCUT2D eigenvalue weighted by molar-refractivity contribution is 5.93. The number of rotatable bonds is 9. The first-order valence-electron chi connectivity index (χ1n) is 7.04. The van der Waals surface area contributed by atoms with Crippen LogP contribution in [0.4, 0.5) is 0 Å². The van der Waals surface area contributed by atoms with Gasteiger partial charge in [-0.3, -0.25) is 0 Å². The van der Waals surface area contributed by atoms with Gasteiger partial charge in [0.05, 0.1) is 11.1 Å². The van der Waals surface area contributed by atoms with E-state index in [0.717, 1.165) is 0 Å². The summed E-state index contributed by atoms with van der Waals surface area (Å²) in [5.41, 5.74) is 0.795. The molecule has 130 valence electrons. The average Bonchev–Trinajstić information content (AvgIpc) is 2.58. The fourth-order valence-electron chi connectivity index (χ4n) is 1.48. The average molecular weight is 337 g/mol. The predicted octanol–water partition coefficient (Wildman–Crippen LogP) is 1.01. The third-order valence-corrected chi connectivity index (χ3v) is 2.69. The van der Waals surface area contributed by atoms with Crippen molar-refractivity contribution in [2.75, 3.05) is 26.4 Å². The quantitative estimate of drug-likeness (QED) is 0.233. The second-order valence-electron chi connectivity index (χ2n) is 4.64. The maximum absolute atomic E-state index is 11.8. The molecule has 1 rings (SSSR count). The molecule has 0 amide bonds. The molecule has 0 aliphatic rings. The van der Waals surface area contributed by atoms with Crippen LogP contribution in [0.2, 0.25) is 0 Å². The van der Waals surface area contributed by atoms with Gasteiger partial charge in [-0.25, -0.2) is 20.3 Å². The van der Waals surface area contributed by atoms with E-state index in [1.165, 1.54) is 31.2 Å². The number of carbonyl (C=O) groups excluding carboxylic acids is 3. The maximum Gasteiger partial charge on any atom is 0.338 e. The molecular formula is C16H19NO7. The number of benzene rings is 1. The number of nitrogens with two attached hydrogens (primary N) is 1. The van der Waals surface area contributed by atoms with E-state index in [1.54, 1.807) is 0 Å². The molecule has 0 heterocycles. The third-order valence-electron chi connectivity index (χ3n) is 2.69. The van der Waals surface area contributed by atoms with Gasteiger partial charge < -0.3 is 19.0 Å². The minimum absolute atomic E-state index is 0.0298. The smallest absolute Gasteiger partial charge is 0.338 e. The Bertz CT molecular complexity index is 595. The first-order chi connectivity index (χ1) is 11.5. The van der Waals surface area contributed by atoms with Crippen molar-refractivity contribution in [3.05, 3.63) is 47.5 Å². The molecule has 1 aromatic carbocycles. The zero-order valence-electron chi connectivity index (χ0n) is 13.3. The third kappa shape index (κ3) is 6.59. The van der Waals surface area contributed by atoms with Gasteiger partial charge in [0.15, 0.2) is 0 Å². The Labute approximate surface area is 139 Å². The number of hydrogen-bond donors (Lipinski definition) is 1. The molecule has 1 aromatic rings. The Kier molecular flexibility index (Phi) is 8.17. The van der Waals surface area contributed by atoms with Crippen molar-refractivity contribution >= 4 is 17.9 Å². The minimum atomic E-state index is -0.599. The van der Waals surface area contributed by atoms with E-state index in [9.17, 15) is 14.4 Å². The largest absolute Gasteiger partial charge is 0.460 e. The van der Waals surface area contributed by atoms with Crippen molar-refractivity contribution in [1.29, 1.82) is 0 Å². The lowest BCUT2D eigenvalue weighted by Gasteiger charge is -2.07. The van der Waals surface area contributed by atoms with Gasteiger partial charge in [-0.1, -0.05) is 6.58 Å². The zero-order chi connectivity index (χ0) is 17.9. The zero-order valence-corrected chi connectivity index (χ0v) is 13.3. The van der Waals surface area contributed by atoms with Gasteiger partial charge >= 0.3 is 17.9 Å². The fraction of sp³-hybridized carbons (Fsp3) is 0.312. The highest BCUT2D eigenvalue weighted by atomic mass is 16.6. The second-order valence-corrected chi connectivity index (χ2v) is 4.64. The Morgan fingerprint density at radius 1 is 0.875 bits per heavy atom. The van der Waals surface area contributed by atoms with Crippen molar-refractivity contribution in [2.24, 2.45) is 5.90 Å². The number of esters is 3. The van der Waals surface area contributed by atoms with Crippen LogP contribution >= 0.6 is 0 Å². The molecule has 0 aromatic heterocycles. The summed E-state index contributed by atoms with van der Waals surface area (Å²) in [5, 5.41) is 0. The molecule has 0 radical (unpaired) electrons. The summed E-state index contributed by atoms with van der Waals surface area (Å²) in [6, 6.07) is 5.73. The van der Waals surface area contributed by atoms with E-state index in [4.69, 9.17) is 20.1 Å². The summed E-state index contributed by atoms with van der Waals surface area (Å²) < 4.78 is 14.6. The molecule has 0 spiro atoms. The molecule has 0 atom stereocenters. The summed E-state index contributed by atoms with van der Waals surface area (Å²) in [5.74, 6) is 3.11. The van der Waals surface area contributed by atoms with Crippen LogP contribution in [-0.2, 0) is 23.8 Å². The topological polar surface area (TPSA) is 114 Å². The lowest BCUT2D eigenvalue weighted by atomic mass is 10.1. The van der Waals surface area contributed by atoms with Crippen LogP contribution in [0.15, 0.2) is 36.4 Å². The molecule has 2 N–H and O–H groups in total. The molecule has 8 heteroatoms. The van der Waals surface area contributed by atoms with Gasteiger partial charge in [-0.05, 0) is 31.2 Å². The lowest BCUT2D eigenvalue weighted by molar-refractivity contribution is -0.140. The van der Waals surface area contributed by atoms with Crippen LogP contribution < -0.4 is 5.90 Å². The number of hydrogen-bond acceptors (Lipinski definition) is 8. The van der Waals surface area contributed by atoms with Crippen LogP contribution in [-0.4, -0.2) is 44.3 Å². The normalized spacial score (nSPS) is 9.92. The first kappa shape index (κ1) is 19.3. The van der Waals surface area contributed by atoms with Crippen molar-refractivity contribution in [2.45, 2.75) is 6.92 Å². The van der Waals surface area contributed by atoms with Crippen LogP contribution in [0.1, 0.15) is 27.6 Å². The predicted molar refractivity (Wildman–Crippen MR) is 82.9 cm³/mol. The van der Waals surface area contributed by atoms with Gasteiger partial charge in [0.2, 0.25) is 0 Å². The van der Waals surface area contributed by atoms with Crippen molar-refractivity contribution < 1.29 is 33.4 Å². The van der Waals surface area contributed by atoms with Crippen LogP contribution in [0.25, 0.3) is 0 Å². The monoisotopic (exact) mass is 337 g/mol. The summed E-state index contributed by atoms with van der Waals surface area (Å²) in [4.78, 5) is 38.8. The molecule has 0 fully saturated rings. The Balaban J connectivity index is 2.42. The fourth-order valence-corrected chi connectivity index (χ4v) is 1.48. The molecular weight excluding hydrogens is 318 g/mol. The minimum Gasteiger partial charge on any atom is -0.460 e. The van der Waals surface area contributed by atoms with E-state index in [2.05, 4.69) is 11.4 Å². The molecule has 0 aliphatic heterocycles. The summed E-state index contributed by atoms with van der Waals surface area (Å²) in [7, 11) is 0. The molecule has 0 saturated carbocycles. The Morgan fingerprint density at radius 2 is 1.29 bits per heavy atom. The Morgan fingerprint density at radius 3 is 1.71 bits per heavy atom. The number of ether oxygens (including phenoxy) is 3. The van der Waals surface area contributed by atoms with Crippen molar-refractivity contribution in [3.8, 4) is 0 Å². The van der Waals surface area contributed by atoms with Gasteiger partial charge in [0, 0.05) is 5.57 Å². The van der Waals surface area contributed by atoms with E-state index in [-0.39, 0.29) is 43.1 Å². The van der Waals surface area contributed by atoms with Crippen molar-refractivity contribution in [3.63, 3.8) is 0 Å². The summed E-state index contributed by atoms with van der Waals surface area (Å²) in [6.45, 7) is 4.92. The van der Waals surface area contributed by atoms with Gasteiger partial charge in [0.25, 0.3) is 0 Å². The van der Waals surface area contributed by atoms with Gasteiger partial charge in [-0.15, -0.1) is 0 Å². The van der Waals surface area contributed by atoms with Gasteiger partial charge in [0.1, 0.15) is 26.4 Å². The van der Waals surface area contributed by atoms with E-state index >= 15 is 0 Å². The molecule has 0 bridgehead atoms. The standard InChI is InChI=1S/C16H19NO7/c1-11(2)14(18)21-7-8-22-15(19)12-3-5-13(6-4-12)16(20)23-9-10-24-17/h3-6H,1,7-10,17H2,2H3. The summed E-state index contributed by atoms with van der Waals surface area (Å²) in [6.07, 6.45) is 0. The molecule has 24 heavy (non-hydrogen) atoms. The molecule has 0 aliphatic carbocycles. The highest BCUT2D eigenvalue weighted by Crippen LogP contribution is 2.07. The number of carbonyl (C=O) groups is 3. The van der Waals surface area contributed by atoms with Crippen LogP contribution in [0.5, 0.6) is 0 Å². The second kappa shape index (κ2) is 10.1. The SMILES string of the molecule is C=C(C)C(=O)OCCOC(=O)c1ccc(C(=O)OCCON)cc1. The first-order valence-corrected chi connectivity index (χ1v) is 7.04. The van der Waals surface area contributed by atoms with Crippen LogP contribution in [0.3, 0.4) is 0 Å². The molecule has 8 nitrogen and oxygen atoms in total. The maximum atomic E-state index is 11.8. The van der Waals surface area contributed by atoms with E-state index < -0.39 is 17.9 Å². The van der Waals surface area contributed by atoms with E-state index in [0.29, 0.717) is 0 Å². The van der Waals surface area contributed by atoms with Gasteiger partial charge in [-0.2, -0.15) is 0 Å². The summed E-state index contributed by atoms with van der Waals surface area (Å²) >= 11 is 0. The Hall–Kier alpha value is -2.71. The molecule has 0 saturated heterocycles. The van der Waals surface area contributed by atoms with E-state index in [1.807, 2.05) is 0 Å². The molecule has 0 unspecified atom stereocenters. The highest BCUT2D eigenvalue weighted by Gasteiger charge is 2.11. The van der Waals surface area contributed by atoms with Crippen molar-refractivity contribution in [1.82, 2.24) is 0 Å². The lowest BCUT2D eigenvalue weighted by Crippen LogP contribution is -2.15.